The van der Waals surface area contributed by atoms with Gasteiger partial charge in [-0.3, -0.25) is 14.6 Å². The number of hydrogen-bond acceptors (Lipinski definition) is 5. The van der Waals surface area contributed by atoms with Crippen LogP contribution in [0.3, 0.4) is 0 Å². The minimum Gasteiger partial charge on any atom is -0.477 e. The summed E-state index contributed by atoms with van der Waals surface area (Å²) in [7, 11) is 0. The lowest BCUT2D eigenvalue weighted by molar-refractivity contribution is -0.161. The highest BCUT2D eigenvalue weighted by molar-refractivity contribution is 6.07. The van der Waals surface area contributed by atoms with Gasteiger partial charge in [-0.25, -0.2) is 4.79 Å². The number of fused-ring (bicyclic) bond motifs is 1. The number of carbonyl (C=O) groups excluding carboxylic acids is 2. The standard InChI is InChI=1S/C21H19N3O5/c1-11(25)17-16-10-15(18(21(28)29)24(16)20(17)27)12-3-2-4-13(9-12)19(26)23-14-5-7-22-8-6-14/h2-9,11,16-17,25H,10H2,1H3,(H,28,29)(H,22,23,26)/t11-,16-,17-/m1/s1. The Morgan fingerprint density at radius 3 is 2.62 bits per heavy atom. The maximum atomic E-state index is 12.6. The van der Waals surface area contributed by atoms with E-state index in [2.05, 4.69) is 10.3 Å². The van der Waals surface area contributed by atoms with Crippen LogP contribution in [-0.2, 0) is 9.59 Å². The highest BCUT2D eigenvalue weighted by Gasteiger charge is 2.56. The number of carbonyl (C=O) groups is 3. The number of benzene rings is 1. The van der Waals surface area contributed by atoms with Crippen molar-refractivity contribution < 1.29 is 24.6 Å². The zero-order chi connectivity index (χ0) is 20.7. The first-order valence-corrected chi connectivity index (χ1v) is 9.18. The molecule has 1 aromatic heterocycles. The Morgan fingerprint density at radius 1 is 1.24 bits per heavy atom. The van der Waals surface area contributed by atoms with Crippen molar-refractivity contribution in [2.45, 2.75) is 25.5 Å². The molecule has 2 aliphatic rings. The highest BCUT2D eigenvalue weighted by Crippen LogP contribution is 2.46. The summed E-state index contributed by atoms with van der Waals surface area (Å²) in [5, 5.41) is 22.3. The Bertz CT molecular complexity index is 1030. The summed E-state index contributed by atoms with van der Waals surface area (Å²) >= 11 is 0. The number of β-lactam (4-membered cyclic amide) rings is 1. The van der Waals surface area contributed by atoms with E-state index in [0.29, 0.717) is 28.8 Å². The number of pyridine rings is 1. The smallest absolute Gasteiger partial charge is 0.352 e. The van der Waals surface area contributed by atoms with Crippen molar-refractivity contribution in [2.24, 2.45) is 5.92 Å². The van der Waals surface area contributed by atoms with Crippen LogP contribution in [0.4, 0.5) is 5.69 Å². The normalized spacial score (nSPS) is 21.4. The molecule has 3 N–H and O–H groups in total. The van der Waals surface area contributed by atoms with Gasteiger partial charge in [0.2, 0.25) is 5.91 Å². The van der Waals surface area contributed by atoms with Crippen LogP contribution < -0.4 is 5.32 Å². The van der Waals surface area contributed by atoms with Gasteiger partial charge >= 0.3 is 5.97 Å². The largest absolute Gasteiger partial charge is 0.477 e. The van der Waals surface area contributed by atoms with Gasteiger partial charge in [-0.2, -0.15) is 0 Å². The zero-order valence-corrected chi connectivity index (χ0v) is 15.6. The third-order valence-corrected chi connectivity index (χ3v) is 5.34. The minimum atomic E-state index is -1.20. The first-order chi connectivity index (χ1) is 13.9. The minimum absolute atomic E-state index is 0.0800. The number of aromatic nitrogens is 1. The molecule has 0 spiro atoms. The average molecular weight is 393 g/mol. The Kier molecular flexibility index (Phi) is 4.63. The van der Waals surface area contributed by atoms with Gasteiger partial charge in [0.05, 0.1) is 18.1 Å². The van der Waals surface area contributed by atoms with Crippen LogP contribution in [-0.4, -0.2) is 50.0 Å². The zero-order valence-electron chi connectivity index (χ0n) is 15.6. The van der Waals surface area contributed by atoms with E-state index in [1.807, 2.05) is 0 Å². The predicted molar refractivity (Wildman–Crippen MR) is 104 cm³/mol. The molecule has 2 aliphatic heterocycles. The Morgan fingerprint density at radius 2 is 1.97 bits per heavy atom. The average Bonchev–Trinajstić information content (AvgIpc) is 3.04. The second-order valence-electron chi connectivity index (χ2n) is 7.15. The summed E-state index contributed by atoms with van der Waals surface area (Å²) in [6.07, 6.45) is 2.59. The number of carboxylic acids is 1. The van der Waals surface area contributed by atoms with Gasteiger partial charge in [-0.05, 0) is 48.7 Å². The number of aliphatic hydroxyl groups excluding tert-OH is 1. The van der Waals surface area contributed by atoms with Crippen LogP contribution >= 0.6 is 0 Å². The van der Waals surface area contributed by atoms with Crippen molar-refractivity contribution in [3.05, 3.63) is 65.6 Å². The van der Waals surface area contributed by atoms with Crippen molar-refractivity contribution in [2.75, 3.05) is 5.32 Å². The molecule has 4 rings (SSSR count). The highest BCUT2D eigenvalue weighted by atomic mass is 16.4. The molecule has 2 amide bonds. The number of rotatable bonds is 5. The van der Waals surface area contributed by atoms with E-state index in [4.69, 9.17) is 0 Å². The van der Waals surface area contributed by atoms with Crippen molar-refractivity contribution >= 4 is 29.0 Å². The van der Waals surface area contributed by atoms with Gasteiger partial charge < -0.3 is 20.4 Å². The second kappa shape index (κ2) is 7.14. The van der Waals surface area contributed by atoms with E-state index in [-0.39, 0.29) is 23.6 Å². The topological polar surface area (TPSA) is 120 Å². The van der Waals surface area contributed by atoms with Gasteiger partial charge in [0.15, 0.2) is 0 Å². The van der Waals surface area contributed by atoms with Crippen LogP contribution in [0.1, 0.15) is 29.3 Å². The summed E-state index contributed by atoms with van der Waals surface area (Å²) in [5.74, 6) is -2.54. The quantitative estimate of drug-likeness (QED) is 0.666. The molecular weight excluding hydrogens is 374 g/mol. The number of aliphatic hydroxyl groups is 1. The van der Waals surface area contributed by atoms with Crippen LogP contribution in [0.15, 0.2) is 54.5 Å². The van der Waals surface area contributed by atoms with Gasteiger partial charge in [-0.15, -0.1) is 0 Å². The molecule has 3 atom stereocenters. The molecule has 8 heteroatoms. The van der Waals surface area contributed by atoms with Crippen molar-refractivity contribution in [1.82, 2.24) is 9.88 Å². The van der Waals surface area contributed by atoms with E-state index in [1.165, 1.54) is 11.8 Å². The maximum absolute atomic E-state index is 12.6. The summed E-state index contributed by atoms with van der Waals surface area (Å²) in [6, 6.07) is 9.59. The first-order valence-electron chi connectivity index (χ1n) is 9.18. The lowest BCUT2D eigenvalue weighted by Gasteiger charge is -2.44. The number of nitrogens with zero attached hydrogens (tertiary/aromatic N) is 2. The SMILES string of the molecule is C[C@@H](O)[C@H]1C(=O)N2C(C(=O)O)=C(c3cccc(C(=O)Nc4ccncc4)c3)C[C@H]12. The molecule has 0 unspecified atom stereocenters. The molecule has 3 heterocycles. The Hall–Kier alpha value is -3.52. The number of hydrogen-bond donors (Lipinski definition) is 3. The summed E-state index contributed by atoms with van der Waals surface area (Å²) in [5.41, 5.74) is 1.93. The fourth-order valence-corrected chi connectivity index (χ4v) is 4.01. The van der Waals surface area contributed by atoms with Gasteiger partial charge in [0.1, 0.15) is 5.70 Å². The van der Waals surface area contributed by atoms with E-state index in [9.17, 15) is 24.6 Å². The molecule has 148 valence electrons. The molecule has 0 bridgehead atoms. The lowest BCUT2D eigenvalue weighted by Crippen LogP contribution is -2.61. The third kappa shape index (κ3) is 3.17. The molecule has 0 aliphatic carbocycles. The van der Waals surface area contributed by atoms with E-state index < -0.39 is 18.0 Å². The third-order valence-electron chi connectivity index (χ3n) is 5.34. The first kappa shape index (κ1) is 18.8. The molecular formula is C21H19N3O5. The van der Waals surface area contributed by atoms with Crippen LogP contribution in [0.25, 0.3) is 5.57 Å². The van der Waals surface area contributed by atoms with E-state index in [1.54, 1.807) is 48.8 Å². The van der Waals surface area contributed by atoms with Crippen LogP contribution in [0.5, 0.6) is 0 Å². The number of carboxylic acid groups (broad SMARTS) is 1. The van der Waals surface area contributed by atoms with Crippen molar-refractivity contribution in [3.63, 3.8) is 0 Å². The summed E-state index contributed by atoms with van der Waals surface area (Å²) in [6.45, 7) is 1.53. The molecule has 2 aromatic rings. The molecule has 8 nitrogen and oxygen atoms in total. The van der Waals surface area contributed by atoms with Crippen molar-refractivity contribution in [1.29, 1.82) is 0 Å². The molecule has 0 saturated carbocycles. The fraction of sp³-hybridized carbons (Fsp3) is 0.238. The maximum Gasteiger partial charge on any atom is 0.352 e. The fourth-order valence-electron chi connectivity index (χ4n) is 4.01. The van der Waals surface area contributed by atoms with Crippen LogP contribution in [0.2, 0.25) is 0 Å². The molecule has 1 fully saturated rings. The van der Waals surface area contributed by atoms with E-state index in [0.717, 1.165) is 0 Å². The Balaban J connectivity index is 1.65. The number of anilines is 1. The monoisotopic (exact) mass is 393 g/mol. The summed E-state index contributed by atoms with van der Waals surface area (Å²) < 4.78 is 0. The molecule has 0 radical (unpaired) electrons. The van der Waals surface area contributed by atoms with Crippen LogP contribution in [0, 0.1) is 5.92 Å². The second-order valence-corrected chi connectivity index (χ2v) is 7.15. The number of amides is 2. The van der Waals surface area contributed by atoms with E-state index >= 15 is 0 Å². The summed E-state index contributed by atoms with van der Waals surface area (Å²) in [4.78, 5) is 41.9. The molecule has 1 saturated heterocycles. The number of nitrogens with one attached hydrogen (secondary N) is 1. The van der Waals surface area contributed by atoms with Gasteiger partial charge in [0, 0.05) is 23.6 Å². The lowest BCUT2D eigenvalue weighted by atomic mass is 9.82. The Labute approximate surface area is 166 Å². The predicted octanol–water partition coefficient (Wildman–Crippen LogP) is 1.74. The number of aliphatic carboxylic acids is 1. The van der Waals surface area contributed by atoms with Crippen molar-refractivity contribution in [3.8, 4) is 0 Å². The van der Waals surface area contributed by atoms with Gasteiger partial charge in [0.25, 0.3) is 5.91 Å². The molecule has 1 aromatic carbocycles. The van der Waals surface area contributed by atoms with Gasteiger partial charge in [-0.1, -0.05) is 12.1 Å². The molecule has 29 heavy (non-hydrogen) atoms.